The molecule has 0 heterocycles. The largest absolute Gasteiger partial charge is 0.490 e. The van der Waals surface area contributed by atoms with Gasteiger partial charge in [0, 0.05) is 13.2 Å². The first-order valence-electron chi connectivity index (χ1n) is 7.99. The number of hydrogen-bond donors (Lipinski definition) is 2. The fourth-order valence-corrected chi connectivity index (χ4v) is 1.95. The Labute approximate surface area is 133 Å². The second kappa shape index (κ2) is 11.3. The zero-order valence-electron chi connectivity index (χ0n) is 13.9. The number of rotatable bonds is 12. The van der Waals surface area contributed by atoms with Crippen molar-refractivity contribution in [1.82, 2.24) is 5.32 Å². The molecule has 0 fully saturated rings. The van der Waals surface area contributed by atoms with Gasteiger partial charge in [-0.3, -0.25) is 0 Å². The Morgan fingerprint density at radius 3 is 2.64 bits per heavy atom. The molecule has 0 aliphatic heterocycles. The Morgan fingerprint density at radius 1 is 1.14 bits per heavy atom. The lowest BCUT2D eigenvalue weighted by Gasteiger charge is -2.13. The van der Waals surface area contributed by atoms with E-state index in [0.29, 0.717) is 18.5 Å². The zero-order valence-corrected chi connectivity index (χ0v) is 13.9. The van der Waals surface area contributed by atoms with Gasteiger partial charge in [-0.25, -0.2) is 0 Å². The number of nitrogens with one attached hydrogen (secondary N) is 1. The number of benzene rings is 1. The minimum atomic E-state index is -0.00663. The van der Waals surface area contributed by atoms with Crippen LogP contribution in [0, 0.1) is 0 Å². The molecule has 0 atom stereocenters. The molecule has 0 saturated heterocycles. The topological polar surface area (TPSA) is 60.0 Å². The maximum atomic E-state index is 8.84. The molecule has 0 spiro atoms. The van der Waals surface area contributed by atoms with Gasteiger partial charge in [-0.15, -0.1) is 0 Å². The molecule has 0 bridgehead atoms. The van der Waals surface area contributed by atoms with Crippen molar-refractivity contribution in [3.05, 3.63) is 23.8 Å². The van der Waals surface area contributed by atoms with Crippen LogP contribution in [0.4, 0.5) is 0 Å². The van der Waals surface area contributed by atoms with Gasteiger partial charge in [0.2, 0.25) is 0 Å². The summed E-state index contributed by atoms with van der Waals surface area (Å²) in [5.41, 5.74) is 1.14. The number of aliphatic hydroxyl groups excluding tert-OH is 1. The average Bonchev–Trinajstić information content (AvgIpc) is 2.50. The summed E-state index contributed by atoms with van der Waals surface area (Å²) >= 11 is 0. The molecular formula is C17H29NO4. The number of ether oxygens (including phenoxy) is 3. The van der Waals surface area contributed by atoms with E-state index < -0.39 is 0 Å². The van der Waals surface area contributed by atoms with Gasteiger partial charge in [0.15, 0.2) is 11.5 Å². The Balaban J connectivity index is 2.41. The van der Waals surface area contributed by atoms with E-state index in [1.807, 2.05) is 39.0 Å². The smallest absolute Gasteiger partial charge is 0.161 e. The number of hydrogen-bond acceptors (Lipinski definition) is 5. The molecule has 1 aromatic rings. The zero-order chi connectivity index (χ0) is 16.2. The van der Waals surface area contributed by atoms with Crippen molar-refractivity contribution < 1.29 is 19.3 Å². The van der Waals surface area contributed by atoms with Crippen molar-refractivity contribution in [3.63, 3.8) is 0 Å². The molecule has 0 unspecified atom stereocenters. The quantitative estimate of drug-likeness (QED) is 0.580. The third-order valence-corrected chi connectivity index (χ3v) is 2.94. The van der Waals surface area contributed by atoms with E-state index in [0.717, 1.165) is 37.4 Å². The Bertz CT molecular complexity index is 410. The first-order valence-corrected chi connectivity index (χ1v) is 7.99. The fourth-order valence-electron chi connectivity index (χ4n) is 1.95. The summed E-state index contributed by atoms with van der Waals surface area (Å²) in [6.07, 6.45) is 1.29. The van der Waals surface area contributed by atoms with Crippen LogP contribution in [0.25, 0.3) is 0 Å². The molecule has 5 heteroatoms. The molecule has 5 nitrogen and oxygen atoms in total. The minimum Gasteiger partial charge on any atom is -0.490 e. The van der Waals surface area contributed by atoms with Crippen LogP contribution in [0.1, 0.15) is 32.8 Å². The van der Waals surface area contributed by atoms with Crippen molar-refractivity contribution in [2.75, 3.05) is 33.0 Å². The lowest BCUT2D eigenvalue weighted by atomic mass is 10.2. The summed E-state index contributed by atoms with van der Waals surface area (Å²) in [6, 6.07) is 5.88. The van der Waals surface area contributed by atoms with E-state index in [4.69, 9.17) is 19.3 Å². The molecule has 0 aliphatic carbocycles. The lowest BCUT2D eigenvalue weighted by Crippen LogP contribution is -2.17. The monoisotopic (exact) mass is 311 g/mol. The summed E-state index contributed by atoms with van der Waals surface area (Å²) in [5.74, 6) is 1.39. The second-order valence-electron chi connectivity index (χ2n) is 5.24. The van der Waals surface area contributed by atoms with Crippen LogP contribution in [0.5, 0.6) is 11.5 Å². The van der Waals surface area contributed by atoms with Crippen molar-refractivity contribution >= 4 is 0 Å². The lowest BCUT2D eigenvalue weighted by molar-refractivity contribution is 0.0770. The van der Waals surface area contributed by atoms with E-state index in [1.54, 1.807) is 0 Å². The summed E-state index contributed by atoms with van der Waals surface area (Å²) in [6.45, 7) is 9.35. The Morgan fingerprint density at radius 2 is 1.95 bits per heavy atom. The van der Waals surface area contributed by atoms with Crippen LogP contribution >= 0.6 is 0 Å². The summed E-state index contributed by atoms with van der Waals surface area (Å²) < 4.78 is 16.6. The second-order valence-corrected chi connectivity index (χ2v) is 5.24. The molecular weight excluding hydrogens is 282 g/mol. The Hall–Kier alpha value is -1.30. The third kappa shape index (κ3) is 7.64. The molecule has 0 amide bonds. The van der Waals surface area contributed by atoms with Crippen molar-refractivity contribution in [1.29, 1.82) is 0 Å². The highest BCUT2D eigenvalue weighted by molar-refractivity contribution is 5.43. The van der Waals surface area contributed by atoms with Gasteiger partial charge in [0.05, 0.1) is 19.3 Å². The fraction of sp³-hybridized carbons (Fsp3) is 0.647. The van der Waals surface area contributed by atoms with Crippen LogP contribution in [-0.2, 0) is 11.3 Å². The summed E-state index contributed by atoms with van der Waals surface area (Å²) in [5, 5.41) is 12.2. The molecule has 0 aromatic heterocycles. The van der Waals surface area contributed by atoms with Crippen molar-refractivity contribution in [2.24, 2.45) is 0 Å². The summed E-state index contributed by atoms with van der Waals surface area (Å²) in [4.78, 5) is 0. The van der Waals surface area contributed by atoms with Gasteiger partial charge in [-0.2, -0.15) is 0 Å². The Kier molecular flexibility index (Phi) is 9.62. The van der Waals surface area contributed by atoms with Crippen LogP contribution in [0.15, 0.2) is 18.2 Å². The van der Waals surface area contributed by atoms with E-state index in [1.165, 1.54) is 0 Å². The van der Waals surface area contributed by atoms with Crippen LogP contribution in [-0.4, -0.2) is 44.2 Å². The van der Waals surface area contributed by atoms with Gasteiger partial charge in [-0.05, 0) is 51.4 Å². The first kappa shape index (κ1) is 18.7. The van der Waals surface area contributed by atoms with Crippen LogP contribution in [0.2, 0.25) is 0 Å². The maximum Gasteiger partial charge on any atom is 0.161 e. The normalized spacial score (nSPS) is 11.0. The predicted octanol–water partition coefficient (Wildman–Crippen LogP) is 2.36. The van der Waals surface area contributed by atoms with Crippen LogP contribution < -0.4 is 14.8 Å². The third-order valence-electron chi connectivity index (χ3n) is 2.94. The summed E-state index contributed by atoms with van der Waals surface area (Å²) in [7, 11) is 0. The highest BCUT2D eigenvalue weighted by Gasteiger charge is 2.06. The SMILES string of the molecule is CCOc1cc(CNCCCOC(C)C)ccc1OCCO. The van der Waals surface area contributed by atoms with Crippen molar-refractivity contribution in [2.45, 2.75) is 39.8 Å². The van der Waals surface area contributed by atoms with E-state index in [2.05, 4.69) is 5.32 Å². The van der Waals surface area contributed by atoms with Gasteiger partial charge < -0.3 is 24.6 Å². The van der Waals surface area contributed by atoms with E-state index in [9.17, 15) is 0 Å². The predicted molar refractivity (Wildman–Crippen MR) is 87.6 cm³/mol. The molecule has 0 radical (unpaired) electrons. The standard InChI is InChI=1S/C17H29NO4/c1-4-20-17-12-15(6-7-16(17)22-11-9-19)13-18-8-5-10-21-14(2)3/h6-7,12,14,18-19H,4-5,8-11,13H2,1-3H3. The average molecular weight is 311 g/mol. The van der Waals surface area contributed by atoms with Gasteiger partial charge >= 0.3 is 0 Å². The maximum absolute atomic E-state index is 8.84. The molecule has 22 heavy (non-hydrogen) atoms. The number of aliphatic hydroxyl groups is 1. The molecule has 0 aliphatic rings. The van der Waals surface area contributed by atoms with Crippen molar-refractivity contribution in [3.8, 4) is 11.5 Å². The minimum absolute atomic E-state index is 0.00663. The molecule has 1 rings (SSSR count). The van der Waals surface area contributed by atoms with Crippen LogP contribution in [0.3, 0.4) is 0 Å². The molecule has 0 saturated carbocycles. The molecule has 2 N–H and O–H groups in total. The highest BCUT2D eigenvalue weighted by atomic mass is 16.5. The van der Waals surface area contributed by atoms with E-state index in [-0.39, 0.29) is 13.2 Å². The van der Waals surface area contributed by atoms with Gasteiger partial charge in [0.25, 0.3) is 0 Å². The molecule has 1 aromatic carbocycles. The van der Waals surface area contributed by atoms with Gasteiger partial charge in [-0.1, -0.05) is 6.07 Å². The highest BCUT2D eigenvalue weighted by Crippen LogP contribution is 2.28. The van der Waals surface area contributed by atoms with E-state index >= 15 is 0 Å². The van der Waals surface area contributed by atoms with Gasteiger partial charge in [0.1, 0.15) is 6.61 Å². The first-order chi connectivity index (χ1) is 10.7. The molecule has 126 valence electrons.